The quantitative estimate of drug-likeness (QED) is 0.828. The maximum atomic E-state index is 12.6. The van der Waals surface area contributed by atoms with Crippen molar-refractivity contribution in [3.05, 3.63) is 35.2 Å². The lowest BCUT2D eigenvalue weighted by Crippen LogP contribution is -2.39. The number of hydrogen-bond acceptors (Lipinski definition) is 3. The number of hydrogen-bond donors (Lipinski definition) is 0. The molecular weight excluding hydrogens is 326 g/mol. The molecule has 3 heterocycles. The number of aryl methyl sites for hydroxylation is 3. The molecule has 4 rings (SSSR count). The van der Waals surface area contributed by atoms with Crippen LogP contribution in [0.25, 0.3) is 0 Å². The smallest absolute Gasteiger partial charge is 0.274 e. The van der Waals surface area contributed by atoms with Crippen LogP contribution in [0.5, 0.6) is 0 Å². The van der Waals surface area contributed by atoms with Gasteiger partial charge in [0.15, 0.2) is 5.69 Å². The molecule has 2 fully saturated rings. The minimum Gasteiger partial charge on any atom is -0.337 e. The van der Waals surface area contributed by atoms with Gasteiger partial charge in [-0.15, -0.1) is 0 Å². The van der Waals surface area contributed by atoms with Crippen LogP contribution in [0.15, 0.2) is 12.3 Å². The highest BCUT2D eigenvalue weighted by Crippen LogP contribution is 2.39. The van der Waals surface area contributed by atoms with Crippen LogP contribution >= 0.6 is 0 Å². The van der Waals surface area contributed by atoms with Crippen molar-refractivity contribution in [1.29, 1.82) is 0 Å². The Morgan fingerprint density at radius 3 is 2.50 bits per heavy atom. The molecule has 1 aliphatic heterocycles. The van der Waals surface area contributed by atoms with E-state index in [1.165, 1.54) is 30.8 Å². The van der Waals surface area contributed by atoms with Crippen molar-refractivity contribution in [2.45, 2.75) is 58.4 Å². The predicted molar refractivity (Wildman–Crippen MR) is 100 cm³/mol. The first kappa shape index (κ1) is 17.3. The van der Waals surface area contributed by atoms with Crippen LogP contribution < -0.4 is 0 Å². The van der Waals surface area contributed by atoms with Crippen molar-refractivity contribution in [2.75, 3.05) is 13.1 Å². The highest BCUT2D eigenvalue weighted by atomic mass is 16.2. The van der Waals surface area contributed by atoms with Crippen LogP contribution in [-0.4, -0.2) is 43.2 Å². The second kappa shape index (κ2) is 6.89. The van der Waals surface area contributed by atoms with Gasteiger partial charge in [-0.1, -0.05) is 0 Å². The summed E-state index contributed by atoms with van der Waals surface area (Å²) in [7, 11) is 1.88. The molecule has 2 aliphatic rings. The minimum atomic E-state index is 0.0774. The summed E-state index contributed by atoms with van der Waals surface area (Å²) in [5.41, 5.74) is 2.88. The molecule has 0 spiro atoms. The number of rotatable bonds is 5. The molecule has 1 aliphatic carbocycles. The molecule has 6 nitrogen and oxygen atoms in total. The first-order valence-electron chi connectivity index (χ1n) is 9.85. The first-order chi connectivity index (χ1) is 12.5. The number of likely N-dealkylation sites (tertiary alicyclic amines) is 1. The molecule has 26 heavy (non-hydrogen) atoms. The van der Waals surface area contributed by atoms with E-state index in [0.29, 0.717) is 17.5 Å². The number of amides is 1. The van der Waals surface area contributed by atoms with Gasteiger partial charge in [-0.25, -0.2) is 4.98 Å². The van der Waals surface area contributed by atoms with Crippen molar-refractivity contribution in [3.8, 4) is 0 Å². The number of nitrogens with zero attached hydrogens (tertiary/aromatic N) is 5. The summed E-state index contributed by atoms with van der Waals surface area (Å²) in [4.78, 5) is 19.2. The third-order valence-electron chi connectivity index (χ3n) is 6.02. The van der Waals surface area contributed by atoms with E-state index in [4.69, 9.17) is 0 Å². The topological polar surface area (TPSA) is 56.0 Å². The van der Waals surface area contributed by atoms with Crippen LogP contribution in [0.4, 0.5) is 0 Å². The van der Waals surface area contributed by atoms with Gasteiger partial charge >= 0.3 is 0 Å². The van der Waals surface area contributed by atoms with Crippen LogP contribution in [-0.2, 0) is 13.6 Å². The van der Waals surface area contributed by atoms with Crippen LogP contribution in [0, 0.1) is 19.8 Å². The Kier molecular flexibility index (Phi) is 4.59. The number of carbonyl (C=O) groups excluding carboxylic acids is 1. The average Bonchev–Trinajstić information content (AvgIpc) is 3.34. The summed E-state index contributed by atoms with van der Waals surface area (Å²) in [6.45, 7) is 6.89. The Morgan fingerprint density at radius 2 is 1.88 bits per heavy atom. The molecule has 140 valence electrons. The lowest BCUT2D eigenvalue weighted by Gasteiger charge is -2.31. The highest BCUT2D eigenvalue weighted by molar-refractivity contribution is 5.92. The van der Waals surface area contributed by atoms with Crippen molar-refractivity contribution in [2.24, 2.45) is 13.0 Å². The molecule has 0 bridgehead atoms. The lowest BCUT2D eigenvalue weighted by atomic mass is 9.93. The van der Waals surface area contributed by atoms with Gasteiger partial charge in [0.25, 0.3) is 5.91 Å². The number of aromatic nitrogens is 4. The van der Waals surface area contributed by atoms with E-state index < -0.39 is 0 Å². The Labute approximate surface area is 155 Å². The molecule has 0 aromatic carbocycles. The fraction of sp³-hybridized carbons (Fsp3) is 0.650. The maximum absolute atomic E-state index is 12.6. The molecule has 1 amide bonds. The zero-order chi connectivity index (χ0) is 18.3. The molecule has 1 saturated carbocycles. The van der Waals surface area contributed by atoms with Crippen LogP contribution in [0.2, 0.25) is 0 Å². The van der Waals surface area contributed by atoms with Gasteiger partial charge in [-0.2, -0.15) is 5.10 Å². The van der Waals surface area contributed by atoms with Crippen LogP contribution in [0.3, 0.4) is 0 Å². The summed E-state index contributed by atoms with van der Waals surface area (Å²) < 4.78 is 4.19. The standard InChI is InChI=1S/C20H29N5O/c1-14-12-18(22-23(14)3)20(26)24-9-6-16(7-10-24)8-11-25-15(2)13-21-19(25)17-4-5-17/h12-13,16-17H,4-11H2,1-3H3. The Hall–Kier alpha value is -2.11. The maximum Gasteiger partial charge on any atom is 0.274 e. The largest absolute Gasteiger partial charge is 0.337 e. The first-order valence-corrected chi connectivity index (χ1v) is 9.85. The lowest BCUT2D eigenvalue weighted by molar-refractivity contribution is 0.0678. The molecule has 6 heteroatoms. The van der Waals surface area contributed by atoms with Crippen molar-refractivity contribution < 1.29 is 4.79 Å². The summed E-state index contributed by atoms with van der Waals surface area (Å²) in [5.74, 6) is 2.76. The van der Waals surface area contributed by atoms with E-state index in [0.717, 1.165) is 38.2 Å². The van der Waals surface area contributed by atoms with Crippen molar-refractivity contribution >= 4 is 5.91 Å². The summed E-state index contributed by atoms with van der Waals surface area (Å²) in [6, 6.07) is 1.88. The zero-order valence-electron chi connectivity index (χ0n) is 16.1. The summed E-state index contributed by atoms with van der Waals surface area (Å²) in [6.07, 6.45) is 7.97. The third-order valence-corrected chi connectivity index (χ3v) is 6.02. The van der Waals surface area contributed by atoms with Gasteiger partial charge in [-0.05, 0) is 57.9 Å². The number of piperidine rings is 1. The molecule has 1 saturated heterocycles. The van der Waals surface area contributed by atoms with Crippen molar-refractivity contribution in [3.63, 3.8) is 0 Å². The highest BCUT2D eigenvalue weighted by Gasteiger charge is 2.29. The van der Waals surface area contributed by atoms with Gasteiger partial charge in [-0.3, -0.25) is 9.48 Å². The monoisotopic (exact) mass is 355 g/mol. The summed E-state index contributed by atoms with van der Waals surface area (Å²) in [5, 5.41) is 4.33. The van der Waals surface area contributed by atoms with Gasteiger partial charge in [0.1, 0.15) is 5.82 Å². The van der Waals surface area contributed by atoms with E-state index in [2.05, 4.69) is 21.6 Å². The fourth-order valence-corrected chi connectivity index (χ4v) is 4.00. The van der Waals surface area contributed by atoms with Crippen molar-refractivity contribution in [1.82, 2.24) is 24.2 Å². The Morgan fingerprint density at radius 1 is 1.15 bits per heavy atom. The molecule has 2 aromatic rings. The normalized spacial score (nSPS) is 18.5. The van der Waals surface area contributed by atoms with Gasteiger partial charge in [0.05, 0.1) is 0 Å². The number of imidazole rings is 1. The molecule has 0 radical (unpaired) electrons. The number of carbonyl (C=O) groups is 1. The van der Waals surface area contributed by atoms with Gasteiger partial charge < -0.3 is 9.47 Å². The Balaban J connectivity index is 1.30. The molecule has 0 atom stereocenters. The van der Waals surface area contributed by atoms with E-state index in [9.17, 15) is 4.79 Å². The van der Waals surface area contributed by atoms with E-state index >= 15 is 0 Å². The van der Waals surface area contributed by atoms with Gasteiger partial charge in [0, 0.05) is 50.2 Å². The molecule has 2 aromatic heterocycles. The fourth-order valence-electron chi connectivity index (χ4n) is 4.00. The zero-order valence-corrected chi connectivity index (χ0v) is 16.1. The van der Waals surface area contributed by atoms with E-state index in [1.54, 1.807) is 4.68 Å². The predicted octanol–water partition coefficient (Wildman–Crippen LogP) is 3.05. The Bertz CT molecular complexity index is 774. The van der Waals surface area contributed by atoms with E-state index in [1.807, 2.05) is 31.1 Å². The average molecular weight is 355 g/mol. The van der Waals surface area contributed by atoms with E-state index in [-0.39, 0.29) is 5.91 Å². The molecule has 0 unspecified atom stereocenters. The molecular formula is C20H29N5O. The SMILES string of the molecule is Cc1cc(C(=O)N2CCC(CCn3c(C)cnc3C3CC3)CC2)nn1C. The summed E-state index contributed by atoms with van der Waals surface area (Å²) >= 11 is 0. The third kappa shape index (κ3) is 3.41. The second-order valence-corrected chi connectivity index (χ2v) is 8.00. The van der Waals surface area contributed by atoms with Crippen LogP contribution in [0.1, 0.15) is 65.7 Å². The van der Waals surface area contributed by atoms with Gasteiger partial charge in [0.2, 0.25) is 0 Å². The minimum absolute atomic E-state index is 0.0774. The second-order valence-electron chi connectivity index (χ2n) is 8.00. The molecule has 0 N–H and O–H groups in total.